The van der Waals surface area contributed by atoms with E-state index in [1.54, 1.807) is 10.6 Å². The van der Waals surface area contributed by atoms with Gasteiger partial charge in [0.2, 0.25) is 5.75 Å². The third kappa shape index (κ3) is 2.78. The number of aromatic nitrogens is 2. The minimum Gasteiger partial charge on any atom is -0.504 e. The smallest absolute Gasteiger partial charge is 0.200 e. The largest absolute Gasteiger partial charge is 0.504 e. The molecule has 0 unspecified atom stereocenters. The fourth-order valence-corrected chi connectivity index (χ4v) is 3.08. The molecule has 1 aromatic carbocycles. The van der Waals surface area contributed by atoms with Crippen LogP contribution in [0.15, 0.2) is 40.7 Å². The van der Waals surface area contributed by atoms with Crippen LogP contribution in [0.25, 0.3) is 11.3 Å². The molecule has 6 nitrogen and oxygen atoms in total. The number of rotatable bonds is 2. The first kappa shape index (κ1) is 15.1. The van der Waals surface area contributed by atoms with Gasteiger partial charge in [0, 0.05) is 23.7 Å². The highest BCUT2D eigenvalue weighted by Gasteiger charge is 2.15. The van der Waals surface area contributed by atoms with Crippen molar-refractivity contribution in [3.63, 3.8) is 0 Å². The van der Waals surface area contributed by atoms with Gasteiger partial charge in [-0.1, -0.05) is 6.07 Å². The van der Waals surface area contributed by atoms with Crippen molar-refractivity contribution in [1.29, 1.82) is 0 Å². The Balaban J connectivity index is 2.12. The highest BCUT2D eigenvalue weighted by molar-refractivity contribution is 7.07. The van der Waals surface area contributed by atoms with Crippen LogP contribution in [-0.2, 0) is 7.05 Å². The summed E-state index contributed by atoms with van der Waals surface area (Å²) in [6.45, 7) is 1.90. The summed E-state index contributed by atoms with van der Waals surface area (Å²) >= 11 is 1.39. The molecule has 7 heteroatoms. The molecule has 2 heterocycles. The molecule has 0 amide bonds. The standard InChI is InChI=1S/C16H15N3O3S/c1-9-4-3-5-13(17-9)18-16-19(2)11(8-23-16)10-6-7-12(20)15(22)14(10)21/h3-8,20-22H,1-2H3. The van der Waals surface area contributed by atoms with Crippen molar-refractivity contribution in [3.05, 3.63) is 46.2 Å². The van der Waals surface area contributed by atoms with E-state index in [0.29, 0.717) is 21.9 Å². The molecular formula is C16H15N3O3S. The molecule has 3 aromatic rings. The van der Waals surface area contributed by atoms with Crippen molar-refractivity contribution in [2.24, 2.45) is 12.0 Å². The van der Waals surface area contributed by atoms with Crippen LogP contribution in [0.2, 0.25) is 0 Å². The van der Waals surface area contributed by atoms with E-state index < -0.39 is 5.75 Å². The highest BCUT2D eigenvalue weighted by Crippen LogP contribution is 2.41. The van der Waals surface area contributed by atoms with Crippen molar-refractivity contribution in [1.82, 2.24) is 9.55 Å². The Labute approximate surface area is 136 Å². The molecule has 3 N–H and O–H groups in total. The number of phenolic OH excluding ortho intramolecular Hbond substituents is 3. The number of phenols is 3. The van der Waals surface area contributed by atoms with E-state index in [1.165, 1.54) is 17.4 Å². The zero-order chi connectivity index (χ0) is 16.6. The lowest BCUT2D eigenvalue weighted by atomic mass is 10.1. The molecule has 0 atom stereocenters. The third-order valence-electron chi connectivity index (χ3n) is 3.41. The summed E-state index contributed by atoms with van der Waals surface area (Å²) in [6, 6.07) is 8.48. The zero-order valence-corrected chi connectivity index (χ0v) is 13.4. The highest BCUT2D eigenvalue weighted by atomic mass is 32.1. The first-order chi connectivity index (χ1) is 11.0. The van der Waals surface area contributed by atoms with E-state index in [4.69, 9.17) is 0 Å². The molecule has 0 saturated carbocycles. The molecule has 0 saturated heterocycles. The van der Waals surface area contributed by atoms with Crippen LogP contribution < -0.4 is 4.80 Å². The Morgan fingerprint density at radius 1 is 1.09 bits per heavy atom. The van der Waals surface area contributed by atoms with Crippen LogP contribution >= 0.6 is 11.3 Å². The van der Waals surface area contributed by atoms with Crippen molar-refractivity contribution in [3.8, 4) is 28.5 Å². The van der Waals surface area contributed by atoms with Crippen LogP contribution in [0, 0.1) is 6.92 Å². The first-order valence-electron chi connectivity index (χ1n) is 6.84. The Hall–Kier alpha value is -2.80. The van der Waals surface area contributed by atoms with Gasteiger partial charge in [0.25, 0.3) is 0 Å². The van der Waals surface area contributed by atoms with Gasteiger partial charge in [0.05, 0.1) is 5.69 Å². The van der Waals surface area contributed by atoms with Crippen LogP contribution in [0.4, 0.5) is 5.82 Å². The molecular weight excluding hydrogens is 314 g/mol. The van der Waals surface area contributed by atoms with Gasteiger partial charge in [0.15, 0.2) is 22.1 Å². The number of hydrogen-bond donors (Lipinski definition) is 3. The SMILES string of the molecule is Cc1cccc(N=c2scc(-c3ccc(O)c(O)c3O)n2C)n1. The molecule has 2 aromatic heterocycles. The average molecular weight is 329 g/mol. The predicted molar refractivity (Wildman–Crippen MR) is 87.9 cm³/mol. The summed E-state index contributed by atoms with van der Waals surface area (Å²) < 4.78 is 1.79. The Bertz CT molecular complexity index is 944. The maximum Gasteiger partial charge on any atom is 0.200 e. The summed E-state index contributed by atoms with van der Waals surface area (Å²) in [7, 11) is 1.81. The van der Waals surface area contributed by atoms with Gasteiger partial charge in [-0.05, 0) is 31.2 Å². The van der Waals surface area contributed by atoms with Gasteiger partial charge in [-0.2, -0.15) is 0 Å². The molecule has 0 spiro atoms. The maximum atomic E-state index is 10.0. The molecule has 0 radical (unpaired) electrons. The lowest BCUT2D eigenvalue weighted by molar-refractivity contribution is 0.369. The fraction of sp³-hybridized carbons (Fsp3) is 0.125. The van der Waals surface area contributed by atoms with Crippen LogP contribution in [0.5, 0.6) is 17.2 Å². The Morgan fingerprint density at radius 2 is 1.87 bits per heavy atom. The van der Waals surface area contributed by atoms with E-state index in [0.717, 1.165) is 5.69 Å². The lowest BCUT2D eigenvalue weighted by Crippen LogP contribution is -2.11. The summed E-state index contributed by atoms with van der Waals surface area (Å²) in [5.41, 5.74) is 1.97. The second-order valence-electron chi connectivity index (χ2n) is 5.04. The molecule has 0 aliphatic heterocycles. The van der Waals surface area contributed by atoms with E-state index in [2.05, 4.69) is 9.98 Å². The third-order valence-corrected chi connectivity index (χ3v) is 4.33. The van der Waals surface area contributed by atoms with Crippen LogP contribution in [0.3, 0.4) is 0 Å². The van der Waals surface area contributed by atoms with E-state index in [9.17, 15) is 15.3 Å². The van der Waals surface area contributed by atoms with Gasteiger partial charge >= 0.3 is 0 Å². The van der Waals surface area contributed by atoms with E-state index in [1.807, 2.05) is 37.6 Å². The molecule has 118 valence electrons. The van der Waals surface area contributed by atoms with Crippen molar-refractivity contribution in [2.45, 2.75) is 6.92 Å². The second kappa shape index (κ2) is 5.77. The second-order valence-corrected chi connectivity index (χ2v) is 5.88. The fourth-order valence-electron chi connectivity index (χ4n) is 2.18. The summed E-state index contributed by atoms with van der Waals surface area (Å²) in [5, 5.41) is 30.9. The van der Waals surface area contributed by atoms with E-state index >= 15 is 0 Å². The lowest BCUT2D eigenvalue weighted by Gasteiger charge is -2.08. The molecule has 23 heavy (non-hydrogen) atoms. The minimum absolute atomic E-state index is 0.362. The van der Waals surface area contributed by atoms with Gasteiger partial charge in [-0.25, -0.2) is 9.98 Å². The summed E-state index contributed by atoms with van der Waals surface area (Å²) in [5.74, 6) is -0.657. The van der Waals surface area contributed by atoms with Gasteiger partial charge in [0.1, 0.15) is 0 Å². The van der Waals surface area contributed by atoms with E-state index in [-0.39, 0.29) is 11.5 Å². The Morgan fingerprint density at radius 3 is 2.61 bits per heavy atom. The number of nitrogens with zero attached hydrogens (tertiary/aromatic N) is 3. The summed E-state index contributed by atoms with van der Waals surface area (Å²) in [6.07, 6.45) is 0. The number of thiazole rings is 1. The van der Waals surface area contributed by atoms with Crippen LogP contribution in [-0.4, -0.2) is 24.9 Å². The molecule has 3 rings (SSSR count). The normalized spacial score (nSPS) is 11.8. The number of benzene rings is 1. The minimum atomic E-state index is -0.535. The predicted octanol–water partition coefficient (Wildman–Crippen LogP) is 2.81. The quantitative estimate of drug-likeness (QED) is 0.631. The number of aryl methyl sites for hydroxylation is 1. The topological polar surface area (TPSA) is 90.9 Å². The van der Waals surface area contributed by atoms with Gasteiger partial charge in [-0.3, -0.25) is 0 Å². The van der Waals surface area contributed by atoms with Crippen molar-refractivity contribution >= 4 is 17.2 Å². The first-order valence-corrected chi connectivity index (χ1v) is 7.72. The average Bonchev–Trinajstić information content (AvgIpc) is 2.86. The maximum absolute atomic E-state index is 10.0. The van der Waals surface area contributed by atoms with Gasteiger partial charge in [-0.15, -0.1) is 11.3 Å². The Kier molecular flexibility index (Phi) is 3.79. The van der Waals surface area contributed by atoms with Crippen molar-refractivity contribution < 1.29 is 15.3 Å². The monoisotopic (exact) mass is 329 g/mol. The van der Waals surface area contributed by atoms with Gasteiger partial charge < -0.3 is 19.9 Å². The molecule has 0 aliphatic carbocycles. The van der Waals surface area contributed by atoms with Crippen molar-refractivity contribution in [2.75, 3.05) is 0 Å². The van der Waals surface area contributed by atoms with Crippen LogP contribution in [0.1, 0.15) is 5.69 Å². The number of pyridine rings is 1. The molecule has 0 fully saturated rings. The summed E-state index contributed by atoms with van der Waals surface area (Å²) in [4.78, 5) is 9.53. The molecule has 0 aliphatic rings. The zero-order valence-electron chi connectivity index (χ0n) is 12.6. The number of aromatic hydroxyl groups is 3. The molecule has 0 bridgehead atoms. The number of hydrogen-bond acceptors (Lipinski definition) is 6.